The number of rotatable bonds is 2. The van der Waals surface area contributed by atoms with Gasteiger partial charge in [-0.25, -0.2) is 8.78 Å². The largest absolute Gasteiger partial charge is 0.382 e. The zero-order valence-corrected chi connectivity index (χ0v) is 10.1. The monoisotopic (exact) mass is 249 g/mol. The molecule has 1 atom stereocenters. The summed E-state index contributed by atoms with van der Waals surface area (Å²) in [6.07, 6.45) is 0.415. The van der Waals surface area contributed by atoms with Gasteiger partial charge in [-0.15, -0.1) is 0 Å². The maximum Gasteiger partial charge on any atom is 0.132 e. The third-order valence-corrected chi connectivity index (χ3v) is 2.77. The first-order chi connectivity index (χ1) is 8.49. The van der Waals surface area contributed by atoms with Crippen LogP contribution in [-0.4, -0.2) is 10.1 Å². The van der Waals surface area contributed by atoms with Crippen LogP contribution in [0.15, 0.2) is 30.5 Å². The molecule has 2 rings (SSSR count). The van der Waals surface area contributed by atoms with Gasteiger partial charge in [0.2, 0.25) is 0 Å². The quantitative estimate of drug-likeness (QED) is 0.887. The summed E-state index contributed by atoms with van der Waals surface area (Å²) >= 11 is 0. The molecule has 0 fully saturated rings. The Bertz CT molecular complexity index is 533. The van der Waals surface area contributed by atoms with Gasteiger partial charge in [-0.3, -0.25) is 4.98 Å². The lowest BCUT2D eigenvalue weighted by Crippen LogP contribution is -2.07. The smallest absolute Gasteiger partial charge is 0.132 e. The molecule has 0 amide bonds. The Kier molecular flexibility index (Phi) is 3.39. The number of pyridine rings is 1. The van der Waals surface area contributed by atoms with Crippen LogP contribution < -0.4 is 0 Å². The Hall–Kier alpha value is -1.81. The van der Waals surface area contributed by atoms with Gasteiger partial charge in [-0.05, 0) is 31.0 Å². The third-order valence-electron chi connectivity index (χ3n) is 2.77. The maximum absolute atomic E-state index is 13.6. The van der Waals surface area contributed by atoms with E-state index in [9.17, 15) is 13.9 Å². The van der Waals surface area contributed by atoms with Crippen LogP contribution in [0.4, 0.5) is 8.78 Å². The Labute approximate surface area is 104 Å². The van der Waals surface area contributed by atoms with E-state index in [0.29, 0.717) is 5.69 Å². The Morgan fingerprint density at radius 2 is 1.89 bits per heavy atom. The molecule has 1 heterocycles. The van der Waals surface area contributed by atoms with Crippen LogP contribution in [0.1, 0.15) is 28.5 Å². The minimum Gasteiger partial charge on any atom is -0.382 e. The van der Waals surface area contributed by atoms with Crippen molar-refractivity contribution in [2.45, 2.75) is 20.0 Å². The lowest BCUT2D eigenvalue weighted by molar-refractivity contribution is 0.209. The molecular weight excluding hydrogens is 236 g/mol. The van der Waals surface area contributed by atoms with Crippen molar-refractivity contribution in [3.8, 4) is 0 Å². The Balaban J connectivity index is 2.44. The standard InChI is InChI=1S/C14H13F2NO/c1-8-5-9(2)13(17-7-8)14(18)11-4-3-10(15)6-12(11)16/h3-7,14,18H,1-2H3. The molecule has 94 valence electrons. The van der Waals surface area contributed by atoms with Crippen LogP contribution in [-0.2, 0) is 0 Å². The number of aryl methyl sites for hydroxylation is 2. The number of nitrogens with zero attached hydrogens (tertiary/aromatic N) is 1. The van der Waals surface area contributed by atoms with Crippen LogP contribution in [0, 0.1) is 25.5 Å². The molecule has 1 aromatic heterocycles. The van der Waals surface area contributed by atoms with Gasteiger partial charge in [-0.1, -0.05) is 12.1 Å². The number of aliphatic hydroxyl groups excluding tert-OH is 1. The second-order valence-electron chi connectivity index (χ2n) is 4.28. The molecule has 2 nitrogen and oxygen atoms in total. The predicted octanol–water partition coefficient (Wildman–Crippen LogP) is 3.06. The molecule has 0 aliphatic rings. The van der Waals surface area contributed by atoms with Gasteiger partial charge >= 0.3 is 0 Å². The van der Waals surface area contributed by atoms with Crippen molar-refractivity contribution in [3.63, 3.8) is 0 Å². The summed E-state index contributed by atoms with van der Waals surface area (Å²) in [5.41, 5.74) is 2.14. The van der Waals surface area contributed by atoms with Crippen molar-refractivity contribution in [1.29, 1.82) is 0 Å². The molecule has 0 saturated heterocycles. The maximum atomic E-state index is 13.6. The summed E-state index contributed by atoms with van der Waals surface area (Å²) in [7, 11) is 0. The van der Waals surface area contributed by atoms with Crippen molar-refractivity contribution >= 4 is 0 Å². The lowest BCUT2D eigenvalue weighted by Gasteiger charge is -2.14. The topological polar surface area (TPSA) is 33.1 Å². The minimum atomic E-state index is -1.19. The highest BCUT2D eigenvalue weighted by Crippen LogP contribution is 2.25. The molecule has 1 unspecified atom stereocenters. The van der Waals surface area contributed by atoms with Crippen molar-refractivity contribution in [3.05, 3.63) is 64.5 Å². The van der Waals surface area contributed by atoms with E-state index >= 15 is 0 Å². The van der Waals surface area contributed by atoms with Crippen molar-refractivity contribution in [1.82, 2.24) is 4.98 Å². The molecule has 0 aliphatic carbocycles. The summed E-state index contributed by atoms with van der Waals surface area (Å²) in [4.78, 5) is 4.11. The third kappa shape index (κ3) is 2.38. The van der Waals surface area contributed by atoms with Gasteiger partial charge in [0, 0.05) is 17.8 Å². The molecular formula is C14H13F2NO. The van der Waals surface area contributed by atoms with Gasteiger partial charge in [-0.2, -0.15) is 0 Å². The van der Waals surface area contributed by atoms with Gasteiger partial charge in [0.1, 0.15) is 17.7 Å². The number of halogens is 2. The predicted molar refractivity (Wildman–Crippen MR) is 64.1 cm³/mol. The first-order valence-corrected chi connectivity index (χ1v) is 5.55. The fourth-order valence-corrected chi connectivity index (χ4v) is 1.88. The summed E-state index contributed by atoms with van der Waals surface area (Å²) in [5.74, 6) is -1.44. The summed E-state index contributed by atoms with van der Waals surface area (Å²) in [5, 5.41) is 10.1. The van der Waals surface area contributed by atoms with E-state index < -0.39 is 17.7 Å². The van der Waals surface area contributed by atoms with E-state index in [4.69, 9.17) is 0 Å². The lowest BCUT2D eigenvalue weighted by atomic mass is 10.0. The number of hydrogen-bond acceptors (Lipinski definition) is 2. The highest BCUT2D eigenvalue weighted by molar-refractivity contribution is 5.33. The SMILES string of the molecule is Cc1cnc(C(O)c2ccc(F)cc2F)c(C)c1. The van der Waals surface area contributed by atoms with Gasteiger partial charge in [0.05, 0.1) is 5.69 Å². The van der Waals surface area contributed by atoms with Crippen LogP contribution >= 0.6 is 0 Å². The summed E-state index contributed by atoms with van der Waals surface area (Å²) in [6.45, 7) is 3.68. The highest BCUT2D eigenvalue weighted by atomic mass is 19.1. The van der Waals surface area contributed by atoms with Gasteiger partial charge in [0.25, 0.3) is 0 Å². The molecule has 0 spiro atoms. The average molecular weight is 249 g/mol. The molecule has 2 aromatic rings. The summed E-state index contributed by atoms with van der Waals surface area (Å²) < 4.78 is 26.4. The van der Waals surface area contributed by atoms with Crippen molar-refractivity contribution in [2.24, 2.45) is 0 Å². The van der Waals surface area contributed by atoms with Gasteiger partial charge < -0.3 is 5.11 Å². The number of aromatic nitrogens is 1. The fraction of sp³-hybridized carbons (Fsp3) is 0.214. The molecule has 0 saturated carbocycles. The molecule has 1 aromatic carbocycles. The van der Waals surface area contributed by atoms with Crippen molar-refractivity contribution < 1.29 is 13.9 Å². The molecule has 18 heavy (non-hydrogen) atoms. The van der Waals surface area contributed by atoms with Crippen LogP contribution in [0.3, 0.4) is 0 Å². The summed E-state index contributed by atoms with van der Waals surface area (Å²) in [6, 6.07) is 4.95. The zero-order chi connectivity index (χ0) is 13.3. The normalized spacial score (nSPS) is 12.5. The Morgan fingerprint density at radius 1 is 1.17 bits per heavy atom. The first kappa shape index (κ1) is 12.6. The molecule has 0 aliphatic heterocycles. The van der Waals surface area contributed by atoms with E-state index in [1.165, 1.54) is 6.07 Å². The zero-order valence-electron chi connectivity index (χ0n) is 10.1. The van der Waals surface area contributed by atoms with E-state index in [1.807, 2.05) is 13.0 Å². The van der Waals surface area contributed by atoms with E-state index in [1.54, 1.807) is 13.1 Å². The van der Waals surface area contributed by atoms with Crippen molar-refractivity contribution in [2.75, 3.05) is 0 Å². The second-order valence-corrected chi connectivity index (χ2v) is 4.28. The number of benzene rings is 1. The molecule has 1 N–H and O–H groups in total. The van der Waals surface area contributed by atoms with E-state index in [2.05, 4.69) is 4.98 Å². The molecule has 0 bridgehead atoms. The first-order valence-electron chi connectivity index (χ1n) is 5.55. The van der Waals surface area contributed by atoms with Gasteiger partial charge in [0.15, 0.2) is 0 Å². The second kappa shape index (κ2) is 4.82. The van der Waals surface area contributed by atoms with E-state index in [0.717, 1.165) is 23.3 Å². The molecule has 4 heteroatoms. The van der Waals surface area contributed by atoms with Crippen LogP contribution in [0.5, 0.6) is 0 Å². The van der Waals surface area contributed by atoms with Crippen LogP contribution in [0.2, 0.25) is 0 Å². The number of aliphatic hydroxyl groups is 1. The number of hydrogen-bond donors (Lipinski definition) is 1. The fourth-order valence-electron chi connectivity index (χ4n) is 1.88. The highest BCUT2D eigenvalue weighted by Gasteiger charge is 2.18. The van der Waals surface area contributed by atoms with Crippen LogP contribution in [0.25, 0.3) is 0 Å². The molecule has 0 radical (unpaired) electrons. The minimum absolute atomic E-state index is 0.0239. The average Bonchev–Trinajstić information content (AvgIpc) is 2.28. The van der Waals surface area contributed by atoms with E-state index in [-0.39, 0.29) is 5.56 Å². The Morgan fingerprint density at radius 3 is 2.50 bits per heavy atom.